The van der Waals surface area contributed by atoms with Crippen LogP contribution >= 0.6 is 0 Å². The molecular weight excluding hydrogens is 228 g/mol. The minimum absolute atomic E-state index is 0.0164. The Balaban J connectivity index is 2.01. The number of nitrogens with zero attached hydrogens (tertiary/aromatic N) is 2. The van der Waals surface area contributed by atoms with E-state index in [0.29, 0.717) is 30.3 Å². The van der Waals surface area contributed by atoms with Crippen molar-refractivity contribution < 1.29 is 4.79 Å². The number of hydrogen-bond donors (Lipinski definition) is 2. The fourth-order valence-corrected chi connectivity index (χ4v) is 1.84. The second-order valence-corrected chi connectivity index (χ2v) is 4.05. The molecule has 0 saturated carbocycles. The fraction of sp³-hybridized carbons (Fsp3) is 0.154. The lowest BCUT2D eigenvalue weighted by molar-refractivity contribution is -0.115. The van der Waals surface area contributed by atoms with E-state index in [9.17, 15) is 4.79 Å². The van der Waals surface area contributed by atoms with Crippen LogP contribution in [-0.4, -0.2) is 22.4 Å². The van der Waals surface area contributed by atoms with Crippen molar-refractivity contribution in [3.8, 4) is 11.4 Å². The van der Waals surface area contributed by atoms with Crippen molar-refractivity contribution in [3.05, 3.63) is 36.5 Å². The van der Waals surface area contributed by atoms with Gasteiger partial charge in [-0.25, -0.2) is 9.97 Å². The number of amides is 1. The van der Waals surface area contributed by atoms with E-state index in [1.165, 1.54) is 0 Å². The fourth-order valence-electron chi connectivity index (χ4n) is 1.84. The molecule has 1 amide bonds. The highest BCUT2D eigenvalue weighted by Gasteiger charge is 2.14. The highest BCUT2D eigenvalue weighted by Crippen LogP contribution is 2.24. The molecule has 0 atom stereocenters. The summed E-state index contributed by atoms with van der Waals surface area (Å²) in [5.74, 6) is 1.31. The lowest BCUT2D eigenvalue weighted by atomic mass is 10.2. The Morgan fingerprint density at radius 1 is 1.17 bits per heavy atom. The molecule has 1 aliphatic rings. The Bertz CT molecular complexity index is 583. The van der Waals surface area contributed by atoms with Gasteiger partial charge in [0.25, 0.3) is 0 Å². The summed E-state index contributed by atoms with van der Waals surface area (Å²) in [5, 5.41) is 5.91. The predicted molar refractivity (Wildman–Crippen MR) is 69.2 cm³/mol. The van der Waals surface area contributed by atoms with Crippen molar-refractivity contribution in [3.63, 3.8) is 0 Å². The molecule has 0 fully saturated rings. The molecule has 0 bridgehead atoms. The van der Waals surface area contributed by atoms with Crippen molar-refractivity contribution in [1.29, 1.82) is 0 Å². The zero-order valence-electron chi connectivity index (χ0n) is 9.68. The van der Waals surface area contributed by atoms with Gasteiger partial charge in [0, 0.05) is 18.5 Å². The third-order valence-electron chi connectivity index (χ3n) is 2.74. The summed E-state index contributed by atoms with van der Waals surface area (Å²) < 4.78 is 0. The molecule has 0 saturated heterocycles. The molecular formula is C13H12N4O. The Morgan fingerprint density at radius 3 is 2.83 bits per heavy atom. The maximum absolute atomic E-state index is 11.4. The van der Waals surface area contributed by atoms with Gasteiger partial charge in [0.05, 0.1) is 6.20 Å². The van der Waals surface area contributed by atoms with Crippen LogP contribution in [0.5, 0.6) is 0 Å². The second-order valence-electron chi connectivity index (χ2n) is 4.05. The third-order valence-corrected chi connectivity index (χ3v) is 2.74. The minimum Gasteiger partial charge on any atom is -0.368 e. The number of carbonyl (C=O) groups excluding carboxylic acids is 1. The highest BCUT2D eigenvalue weighted by molar-refractivity contribution is 5.95. The van der Waals surface area contributed by atoms with E-state index < -0.39 is 0 Å². The van der Waals surface area contributed by atoms with E-state index in [0.717, 1.165) is 5.56 Å². The number of benzene rings is 1. The summed E-state index contributed by atoms with van der Waals surface area (Å²) in [5.41, 5.74) is 1.59. The molecule has 2 aromatic rings. The standard InChI is InChI=1S/C13H12N4O/c18-11-6-7-14-13-10(16-11)8-15-12(17-13)9-4-2-1-3-5-9/h1-5,8H,6-7H2,(H,16,18)(H,14,15,17). The Morgan fingerprint density at radius 2 is 2.00 bits per heavy atom. The highest BCUT2D eigenvalue weighted by atomic mass is 16.1. The molecule has 2 heterocycles. The summed E-state index contributed by atoms with van der Waals surface area (Å²) in [6.07, 6.45) is 2.08. The minimum atomic E-state index is -0.0164. The average molecular weight is 240 g/mol. The van der Waals surface area contributed by atoms with E-state index >= 15 is 0 Å². The molecule has 18 heavy (non-hydrogen) atoms. The van der Waals surface area contributed by atoms with E-state index in [4.69, 9.17) is 0 Å². The first-order valence-corrected chi connectivity index (χ1v) is 5.79. The van der Waals surface area contributed by atoms with Gasteiger partial charge in [-0.05, 0) is 0 Å². The topological polar surface area (TPSA) is 66.9 Å². The van der Waals surface area contributed by atoms with Gasteiger partial charge in [0.15, 0.2) is 11.6 Å². The predicted octanol–water partition coefficient (Wildman–Crippen LogP) is 1.90. The van der Waals surface area contributed by atoms with Crippen molar-refractivity contribution in [2.45, 2.75) is 6.42 Å². The van der Waals surface area contributed by atoms with Gasteiger partial charge in [-0.15, -0.1) is 0 Å². The molecule has 1 aromatic carbocycles. The first kappa shape index (κ1) is 10.7. The number of aromatic nitrogens is 2. The van der Waals surface area contributed by atoms with Crippen LogP contribution in [0.25, 0.3) is 11.4 Å². The van der Waals surface area contributed by atoms with E-state index in [1.54, 1.807) is 6.20 Å². The Hall–Kier alpha value is -2.43. The van der Waals surface area contributed by atoms with Crippen LogP contribution in [0.3, 0.4) is 0 Å². The molecule has 5 nitrogen and oxygen atoms in total. The van der Waals surface area contributed by atoms with Crippen LogP contribution < -0.4 is 10.6 Å². The quantitative estimate of drug-likeness (QED) is 0.799. The van der Waals surface area contributed by atoms with Gasteiger partial charge >= 0.3 is 0 Å². The van der Waals surface area contributed by atoms with Gasteiger partial charge in [0.1, 0.15) is 5.69 Å². The molecule has 90 valence electrons. The number of rotatable bonds is 1. The van der Waals surface area contributed by atoms with Crippen LogP contribution in [0, 0.1) is 0 Å². The number of carbonyl (C=O) groups is 1. The summed E-state index contributed by atoms with van der Waals surface area (Å²) in [6.45, 7) is 0.587. The van der Waals surface area contributed by atoms with Gasteiger partial charge < -0.3 is 10.6 Å². The summed E-state index contributed by atoms with van der Waals surface area (Å²) in [4.78, 5) is 20.1. The summed E-state index contributed by atoms with van der Waals surface area (Å²) >= 11 is 0. The first-order valence-electron chi connectivity index (χ1n) is 5.79. The van der Waals surface area contributed by atoms with Gasteiger partial charge in [0.2, 0.25) is 5.91 Å². The largest absolute Gasteiger partial charge is 0.368 e. The third kappa shape index (κ3) is 2.02. The molecule has 1 aliphatic heterocycles. The SMILES string of the molecule is O=C1CCNc2nc(-c3ccccc3)ncc2N1. The summed E-state index contributed by atoms with van der Waals surface area (Å²) in [6, 6.07) is 9.75. The Kier molecular flexibility index (Phi) is 2.64. The first-order chi connectivity index (χ1) is 8.83. The van der Waals surface area contributed by atoms with E-state index in [1.807, 2.05) is 30.3 Å². The van der Waals surface area contributed by atoms with Crippen molar-refractivity contribution in [2.75, 3.05) is 17.2 Å². The monoisotopic (exact) mass is 240 g/mol. The van der Waals surface area contributed by atoms with Crippen LogP contribution in [0.4, 0.5) is 11.5 Å². The number of hydrogen-bond acceptors (Lipinski definition) is 4. The van der Waals surface area contributed by atoms with Crippen LogP contribution in [0.1, 0.15) is 6.42 Å². The lowest BCUT2D eigenvalue weighted by Gasteiger charge is -2.08. The van der Waals surface area contributed by atoms with Crippen molar-refractivity contribution in [1.82, 2.24) is 9.97 Å². The maximum Gasteiger partial charge on any atom is 0.226 e. The zero-order valence-corrected chi connectivity index (χ0v) is 9.68. The second kappa shape index (κ2) is 4.44. The molecule has 2 N–H and O–H groups in total. The van der Waals surface area contributed by atoms with E-state index in [-0.39, 0.29) is 5.91 Å². The molecule has 1 aromatic heterocycles. The number of nitrogens with one attached hydrogen (secondary N) is 2. The molecule has 0 radical (unpaired) electrons. The molecule has 0 aliphatic carbocycles. The molecule has 0 spiro atoms. The van der Waals surface area contributed by atoms with Gasteiger partial charge in [-0.2, -0.15) is 0 Å². The van der Waals surface area contributed by atoms with Crippen LogP contribution in [0.2, 0.25) is 0 Å². The smallest absolute Gasteiger partial charge is 0.226 e. The summed E-state index contributed by atoms with van der Waals surface area (Å²) in [7, 11) is 0. The molecule has 3 rings (SSSR count). The van der Waals surface area contributed by atoms with Crippen molar-refractivity contribution in [2.24, 2.45) is 0 Å². The lowest BCUT2D eigenvalue weighted by Crippen LogP contribution is -2.10. The van der Waals surface area contributed by atoms with Gasteiger partial charge in [-0.3, -0.25) is 4.79 Å². The molecule has 0 unspecified atom stereocenters. The average Bonchev–Trinajstić information content (AvgIpc) is 2.59. The van der Waals surface area contributed by atoms with Gasteiger partial charge in [-0.1, -0.05) is 30.3 Å². The van der Waals surface area contributed by atoms with Crippen molar-refractivity contribution >= 4 is 17.4 Å². The number of anilines is 2. The normalized spacial score (nSPS) is 14.1. The maximum atomic E-state index is 11.4. The van der Waals surface area contributed by atoms with Crippen LogP contribution in [0.15, 0.2) is 36.5 Å². The van der Waals surface area contributed by atoms with Crippen LogP contribution in [-0.2, 0) is 4.79 Å². The number of fused-ring (bicyclic) bond motifs is 1. The Labute approximate surface area is 104 Å². The molecule has 5 heteroatoms. The zero-order chi connectivity index (χ0) is 12.4. The van der Waals surface area contributed by atoms with E-state index in [2.05, 4.69) is 20.6 Å².